The molecule has 0 aromatic heterocycles. The van der Waals surface area contributed by atoms with Crippen LogP contribution in [0.4, 0.5) is 4.39 Å². The largest absolute Gasteiger partial charge is 0.384 e. The molecule has 4 rings (SSSR count). The van der Waals surface area contributed by atoms with E-state index in [0.29, 0.717) is 12.6 Å². The molecule has 0 aliphatic carbocycles. The average molecular weight is 496 g/mol. The van der Waals surface area contributed by atoms with Crippen LogP contribution in [0.15, 0.2) is 54.3 Å². The summed E-state index contributed by atoms with van der Waals surface area (Å²) in [4.78, 5) is 7.52. The fraction of sp³-hybridized carbons (Fsp3) is 0.600. The number of nitrogens with one attached hydrogen (secondary N) is 2. The second-order valence-corrected chi connectivity index (χ2v) is 11.6. The van der Waals surface area contributed by atoms with Crippen molar-refractivity contribution in [1.29, 1.82) is 0 Å². The number of piperidine rings is 1. The van der Waals surface area contributed by atoms with Crippen LogP contribution < -0.4 is 10.6 Å². The lowest BCUT2D eigenvalue weighted by atomic mass is 10.0. The van der Waals surface area contributed by atoms with Crippen molar-refractivity contribution in [1.82, 2.24) is 25.3 Å². The molecular formula is C30H46FN5. The molecule has 5 nitrogen and oxygen atoms in total. The van der Waals surface area contributed by atoms with Crippen molar-refractivity contribution in [2.75, 3.05) is 52.4 Å². The third kappa shape index (κ3) is 7.75. The first-order valence-corrected chi connectivity index (χ1v) is 13.8. The van der Waals surface area contributed by atoms with Gasteiger partial charge in [0.05, 0.1) is 0 Å². The highest BCUT2D eigenvalue weighted by Gasteiger charge is 2.26. The molecule has 0 spiro atoms. The smallest absolute Gasteiger partial charge is 0.128 e. The maximum absolute atomic E-state index is 15.0. The summed E-state index contributed by atoms with van der Waals surface area (Å²) in [6.07, 6.45) is 9.69. The summed E-state index contributed by atoms with van der Waals surface area (Å²) in [5.41, 5.74) is 4.28. The highest BCUT2D eigenvalue weighted by Crippen LogP contribution is 2.19. The number of halogens is 1. The molecule has 1 aromatic rings. The van der Waals surface area contributed by atoms with E-state index in [1.807, 2.05) is 6.07 Å². The summed E-state index contributed by atoms with van der Waals surface area (Å²) in [5.74, 6) is -0.115. The maximum Gasteiger partial charge on any atom is 0.128 e. The summed E-state index contributed by atoms with van der Waals surface area (Å²) < 4.78 is 15.0. The van der Waals surface area contributed by atoms with Crippen LogP contribution in [0.3, 0.4) is 0 Å². The molecule has 198 valence electrons. The van der Waals surface area contributed by atoms with Crippen LogP contribution in [0.1, 0.15) is 51.2 Å². The minimum absolute atomic E-state index is 0.115. The number of rotatable bonds is 6. The molecule has 3 heterocycles. The van der Waals surface area contributed by atoms with Crippen LogP contribution in [0.2, 0.25) is 0 Å². The Morgan fingerprint density at radius 3 is 2.64 bits per heavy atom. The first-order valence-electron chi connectivity index (χ1n) is 13.8. The molecule has 0 radical (unpaired) electrons. The Hall–Kier alpha value is -1.99. The van der Waals surface area contributed by atoms with Gasteiger partial charge in [0.25, 0.3) is 0 Å². The van der Waals surface area contributed by atoms with E-state index >= 15 is 4.39 Å². The Labute approximate surface area is 218 Å². The minimum Gasteiger partial charge on any atom is -0.384 e. The van der Waals surface area contributed by atoms with Gasteiger partial charge in [-0.3, -0.25) is 14.7 Å². The topological polar surface area (TPSA) is 33.8 Å². The highest BCUT2D eigenvalue weighted by molar-refractivity contribution is 5.27. The number of hydrogen-bond donors (Lipinski definition) is 2. The standard InChI is InChI=1S/C30H46FN5/c1-24-7-5-8-27(12-14-35(22-24)28-9-6-13-32-21-28)33-20-26-11-10-25(19-29(26)31)23-34-15-17-36(18-16-34)30(2,3)4/h5,7-8,10-11,19,28,32-33H,1,6,9,12-18,20-23H2,2-4H3/b7-5-,27-8+. The number of allylic oxidation sites excluding steroid dienone is 2. The SMILES string of the molecule is C=C1/C=C\C=C(\NCc2ccc(CN3CCN(C(C)(C)C)CC3)cc2F)CCN(C2CCCNC2)C1. The third-order valence-corrected chi connectivity index (χ3v) is 7.84. The van der Waals surface area contributed by atoms with Gasteiger partial charge in [0.2, 0.25) is 0 Å². The molecule has 0 saturated carbocycles. The van der Waals surface area contributed by atoms with Gasteiger partial charge in [0.1, 0.15) is 5.82 Å². The van der Waals surface area contributed by atoms with E-state index in [1.54, 1.807) is 6.07 Å². The molecular weight excluding hydrogens is 449 g/mol. The Morgan fingerprint density at radius 2 is 1.94 bits per heavy atom. The van der Waals surface area contributed by atoms with E-state index in [9.17, 15) is 0 Å². The molecule has 2 N–H and O–H groups in total. The predicted octanol–water partition coefficient (Wildman–Crippen LogP) is 4.29. The molecule has 1 unspecified atom stereocenters. The quantitative estimate of drug-likeness (QED) is 0.616. The fourth-order valence-corrected chi connectivity index (χ4v) is 5.52. The molecule has 6 heteroatoms. The summed E-state index contributed by atoms with van der Waals surface area (Å²) in [7, 11) is 0. The van der Waals surface area contributed by atoms with Crippen LogP contribution >= 0.6 is 0 Å². The molecule has 0 amide bonds. The van der Waals surface area contributed by atoms with Gasteiger partial charge in [0, 0.05) is 81.7 Å². The molecule has 3 aliphatic rings. The number of piperazine rings is 1. The van der Waals surface area contributed by atoms with Crippen molar-refractivity contribution in [2.24, 2.45) is 0 Å². The van der Waals surface area contributed by atoms with Gasteiger partial charge in [-0.15, -0.1) is 0 Å². The van der Waals surface area contributed by atoms with E-state index in [0.717, 1.165) is 87.7 Å². The molecule has 2 saturated heterocycles. The van der Waals surface area contributed by atoms with E-state index in [4.69, 9.17) is 0 Å². The number of benzene rings is 1. The zero-order valence-electron chi connectivity index (χ0n) is 22.7. The lowest BCUT2D eigenvalue weighted by Crippen LogP contribution is -2.53. The summed E-state index contributed by atoms with van der Waals surface area (Å²) in [5, 5.41) is 7.05. The average Bonchev–Trinajstić information content (AvgIpc) is 2.94. The zero-order valence-corrected chi connectivity index (χ0v) is 22.7. The summed E-state index contributed by atoms with van der Waals surface area (Å²) in [6, 6.07) is 6.34. The van der Waals surface area contributed by atoms with Crippen LogP contribution in [-0.4, -0.2) is 78.6 Å². The zero-order chi connectivity index (χ0) is 25.5. The molecule has 3 aliphatic heterocycles. The lowest BCUT2D eigenvalue weighted by Gasteiger charge is -2.42. The molecule has 1 atom stereocenters. The van der Waals surface area contributed by atoms with Crippen LogP contribution in [-0.2, 0) is 13.1 Å². The van der Waals surface area contributed by atoms with E-state index < -0.39 is 0 Å². The first kappa shape index (κ1) is 27.1. The van der Waals surface area contributed by atoms with Gasteiger partial charge in [-0.25, -0.2) is 4.39 Å². The molecule has 0 bridgehead atoms. The second-order valence-electron chi connectivity index (χ2n) is 11.6. The van der Waals surface area contributed by atoms with Gasteiger partial charge in [-0.2, -0.15) is 0 Å². The third-order valence-electron chi connectivity index (χ3n) is 7.84. The lowest BCUT2D eigenvalue weighted by molar-refractivity contribution is 0.0590. The molecule has 1 aromatic carbocycles. The van der Waals surface area contributed by atoms with Gasteiger partial charge >= 0.3 is 0 Å². The van der Waals surface area contributed by atoms with E-state index in [2.05, 4.69) is 77.0 Å². The van der Waals surface area contributed by atoms with E-state index in [1.165, 1.54) is 12.8 Å². The Bertz CT molecular complexity index is 933. The van der Waals surface area contributed by atoms with Crippen LogP contribution in [0.5, 0.6) is 0 Å². The second kappa shape index (κ2) is 12.5. The molecule has 2 fully saturated rings. The Kier molecular flexibility index (Phi) is 9.40. The molecule has 36 heavy (non-hydrogen) atoms. The highest BCUT2D eigenvalue weighted by atomic mass is 19.1. The Morgan fingerprint density at radius 1 is 1.14 bits per heavy atom. The minimum atomic E-state index is -0.115. The normalized spacial score (nSPS) is 25.9. The van der Waals surface area contributed by atoms with Crippen LogP contribution in [0.25, 0.3) is 0 Å². The van der Waals surface area contributed by atoms with Crippen molar-refractivity contribution < 1.29 is 4.39 Å². The van der Waals surface area contributed by atoms with Crippen LogP contribution in [0, 0.1) is 5.82 Å². The maximum atomic E-state index is 15.0. The number of nitrogens with zero attached hydrogens (tertiary/aromatic N) is 3. The van der Waals surface area contributed by atoms with Gasteiger partial charge in [-0.05, 0) is 69.9 Å². The summed E-state index contributed by atoms with van der Waals surface area (Å²) >= 11 is 0. The van der Waals surface area contributed by atoms with Crippen molar-refractivity contribution in [3.05, 3.63) is 71.2 Å². The van der Waals surface area contributed by atoms with Crippen molar-refractivity contribution in [2.45, 2.75) is 64.7 Å². The van der Waals surface area contributed by atoms with Gasteiger partial charge < -0.3 is 10.6 Å². The van der Waals surface area contributed by atoms with Crippen molar-refractivity contribution in [3.8, 4) is 0 Å². The number of hydrogen-bond acceptors (Lipinski definition) is 5. The first-order chi connectivity index (χ1) is 17.3. The fourth-order valence-electron chi connectivity index (χ4n) is 5.52. The Balaban J connectivity index is 1.30. The van der Waals surface area contributed by atoms with Gasteiger partial charge in [-0.1, -0.05) is 30.9 Å². The van der Waals surface area contributed by atoms with Crippen molar-refractivity contribution >= 4 is 0 Å². The van der Waals surface area contributed by atoms with Crippen molar-refractivity contribution in [3.63, 3.8) is 0 Å². The predicted molar refractivity (Wildman–Crippen MR) is 148 cm³/mol. The summed E-state index contributed by atoms with van der Waals surface area (Å²) in [6.45, 7) is 20.6. The van der Waals surface area contributed by atoms with E-state index in [-0.39, 0.29) is 11.4 Å². The van der Waals surface area contributed by atoms with Gasteiger partial charge in [0.15, 0.2) is 0 Å². The monoisotopic (exact) mass is 495 g/mol.